The fourth-order valence-corrected chi connectivity index (χ4v) is 4.50. The van der Waals surface area contributed by atoms with Crippen molar-refractivity contribution >= 4 is 52.1 Å². The third-order valence-electron chi connectivity index (χ3n) is 6.34. The number of alkyl carbamates (subject to hydrolysis) is 1. The van der Waals surface area contributed by atoms with Gasteiger partial charge in [-0.3, -0.25) is 9.59 Å². The summed E-state index contributed by atoms with van der Waals surface area (Å²) in [6.45, 7) is 7.46. The van der Waals surface area contributed by atoms with Gasteiger partial charge in [-0.25, -0.2) is 4.79 Å². The Kier molecular flexibility index (Phi) is 13.3. The van der Waals surface area contributed by atoms with Gasteiger partial charge in [0.15, 0.2) is 0 Å². The van der Waals surface area contributed by atoms with Crippen molar-refractivity contribution in [3.63, 3.8) is 0 Å². The summed E-state index contributed by atoms with van der Waals surface area (Å²) in [7, 11) is 0. The molecule has 0 fully saturated rings. The summed E-state index contributed by atoms with van der Waals surface area (Å²) < 4.78 is 22.5. The second-order valence-electron chi connectivity index (χ2n) is 11.0. The van der Waals surface area contributed by atoms with E-state index < -0.39 is 23.6 Å². The quantitative estimate of drug-likeness (QED) is 0.116. The van der Waals surface area contributed by atoms with Crippen LogP contribution in [0.3, 0.4) is 0 Å². The normalized spacial score (nSPS) is 10.9. The molecule has 0 radical (unpaired) electrons. The lowest BCUT2D eigenvalue weighted by Gasteiger charge is -2.19. The molecule has 0 spiro atoms. The predicted octanol–water partition coefficient (Wildman–Crippen LogP) is 6.82. The van der Waals surface area contributed by atoms with Crippen molar-refractivity contribution in [3.8, 4) is 16.9 Å². The molecule has 12 heteroatoms. The number of primary amides is 1. The number of furan rings is 1. The average Bonchev–Trinajstić information content (AvgIpc) is 3.42. The van der Waals surface area contributed by atoms with Crippen molar-refractivity contribution in [1.82, 2.24) is 5.32 Å². The van der Waals surface area contributed by atoms with Gasteiger partial charge in [0.05, 0.1) is 18.4 Å². The van der Waals surface area contributed by atoms with Gasteiger partial charge >= 0.3 is 12.1 Å². The van der Waals surface area contributed by atoms with Crippen LogP contribution in [0.15, 0.2) is 65.1 Å². The van der Waals surface area contributed by atoms with Gasteiger partial charge < -0.3 is 34.8 Å². The minimum absolute atomic E-state index is 0.0295. The Morgan fingerprint density at radius 2 is 1.74 bits per heavy atom. The zero-order valence-corrected chi connectivity index (χ0v) is 27.7. The Labute approximate surface area is 277 Å². The summed E-state index contributed by atoms with van der Waals surface area (Å²) in [5.74, 6) is -0.293. The Bertz CT molecular complexity index is 1660. The van der Waals surface area contributed by atoms with Crippen molar-refractivity contribution in [3.05, 3.63) is 88.7 Å². The number of benzene rings is 3. The van der Waals surface area contributed by atoms with Crippen LogP contribution in [0.4, 0.5) is 4.79 Å². The highest BCUT2D eigenvalue weighted by molar-refractivity contribution is 6.40. The van der Waals surface area contributed by atoms with Crippen LogP contribution in [-0.2, 0) is 40.4 Å². The number of hydrogen-bond acceptors (Lipinski definition) is 8. The molecule has 10 nitrogen and oxygen atoms in total. The number of nitrogens with one attached hydrogen (secondary N) is 1. The van der Waals surface area contributed by atoms with Gasteiger partial charge in [0.25, 0.3) is 0 Å². The third-order valence-corrected chi connectivity index (χ3v) is 6.34. The van der Waals surface area contributed by atoms with E-state index in [-0.39, 0.29) is 43.7 Å². The molecule has 0 aliphatic carbocycles. The molecule has 4 rings (SSSR count). The first-order chi connectivity index (χ1) is 21.9. The van der Waals surface area contributed by atoms with Gasteiger partial charge in [0, 0.05) is 28.6 Å². The Balaban J connectivity index is 0.00000185. The molecule has 0 aliphatic rings. The van der Waals surface area contributed by atoms with Gasteiger partial charge in [-0.05, 0) is 80.8 Å². The molecule has 4 N–H and O–H groups in total. The number of nitrogens with two attached hydrogens (primary N) is 1. The molecule has 246 valence electrons. The molecule has 1 heterocycles. The van der Waals surface area contributed by atoms with Crippen LogP contribution >= 0.6 is 23.2 Å². The Morgan fingerprint density at radius 3 is 2.39 bits per heavy atom. The molecule has 0 atom stereocenters. The number of halogens is 2. The molecule has 1 aromatic heterocycles. The van der Waals surface area contributed by atoms with Crippen LogP contribution in [0.5, 0.6) is 5.75 Å². The van der Waals surface area contributed by atoms with Gasteiger partial charge in [-0.1, -0.05) is 24.3 Å². The summed E-state index contributed by atoms with van der Waals surface area (Å²) in [6, 6.07) is 17.9. The number of carbonyl (C=O) groups excluding carboxylic acids is 3. The van der Waals surface area contributed by atoms with Gasteiger partial charge in [-0.2, -0.15) is 0 Å². The van der Waals surface area contributed by atoms with Crippen LogP contribution in [0.1, 0.15) is 60.5 Å². The molecule has 0 aliphatic heterocycles. The van der Waals surface area contributed by atoms with E-state index in [1.54, 1.807) is 45.9 Å². The molecule has 0 bridgehead atoms. The first-order valence-corrected chi connectivity index (χ1v) is 15.5. The van der Waals surface area contributed by atoms with Gasteiger partial charge in [0.1, 0.15) is 35.9 Å². The van der Waals surface area contributed by atoms with Crippen LogP contribution in [0.2, 0.25) is 0 Å². The Morgan fingerprint density at radius 1 is 1.00 bits per heavy atom. The summed E-state index contributed by atoms with van der Waals surface area (Å²) >= 11 is 9.53. The van der Waals surface area contributed by atoms with E-state index in [1.807, 2.05) is 36.4 Å². The zero-order valence-electron chi connectivity index (χ0n) is 26.2. The number of alkyl halides is 2. The fourth-order valence-electron chi connectivity index (χ4n) is 4.50. The summed E-state index contributed by atoms with van der Waals surface area (Å²) in [5, 5.41) is 13.5. The van der Waals surface area contributed by atoms with Crippen molar-refractivity contribution in [1.29, 1.82) is 0 Å². The maximum Gasteiger partial charge on any atom is 0.407 e. The number of aliphatic hydroxyl groups excluding tert-OH is 1. The topological polar surface area (TPSA) is 150 Å². The molecule has 3 aromatic carbocycles. The summed E-state index contributed by atoms with van der Waals surface area (Å²) in [6.07, 6.45) is -0.543. The number of fused-ring (bicyclic) bond motifs is 1. The largest absolute Gasteiger partial charge is 0.489 e. The standard InChI is InChI=1S/C33H36N2O8.CH2Cl2/c1-5-40-29(37)16-23-9-10-24(31(34)38)15-28(23)41-19-21-12-25-14-26(18-36)42-30(25)27(13-21)22-8-6-7-20(11-22)17-35-32(39)43-33(2,3)4;2-1-3/h6-15,36H,5,16-19H2,1-4H3,(H2,34,38)(H,35,39);1H2. The number of esters is 1. The number of carbonyl (C=O) groups is 3. The van der Waals surface area contributed by atoms with Crippen molar-refractivity contribution in [2.45, 2.75) is 59.5 Å². The second kappa shape index (κ2) is 16.9. The lowest BCUT2D eigenvalue weighted by molar-refractivity contribution is -0.142. The SMILES string of the molecule is CCOC(=O)Cc1ccc(C(N)=O)cc1OCc1cc(-c2cccc(CNC(=O)OC(C)(C)C)c2)c2oc(CO)cc2c1.ClCCl. The predicted molar refractivity (Wildman–Crippen MR) is 177 cm³/mol. The molecule has 0 saturated heterocycles. The van der Waals surface area contributed by atoms with Gasteiger partial charge in [0.2, 0.25) is 5.91 Å². The van der Waals surface area contributed by atoms with E-state index in [2.05, 4.69) is 5.32 Å². The second-order valence-corrected chi connectivity index (χ2v) is 11.9. The zero-order chi connectivity index (χ0) is 33.9. The van der Waals surface area contributed by atoms with Crippen LogP contribution in [-0.4, -0.2) is 40.6 Å². The van der Waals surface area contributed by atoms with E-state index in [0.29, 0.717) is 22.7 Å². The van der Waals surface area contributed by atoms with E-state index in [0.717, 1.165) is 27.6 Å². The van der Waals surface area contributed by atoms with Gasteiger partial charge in [-0.15, -0.1) is 23.2 Å². The highest BCUT2D eigenvalue weighted by Gasteiger charge is 2.18. The van der Waals surface area contributed by atoms with Crippen LogP contribution in [0.25, 0.3) is 22.1 Å². The molecule has 0 unspecified atom stereocenters. The average molecular weight is 674 g/mol. The first kappa shape index (κ1) is 36.2. The fraction of sp³-hybridized carbons (Fsp3) is 0.324. The first-order valence-electron chi connectivity index (χ1n) is 14.4. The van der Waals surface area contributed by atoms with Crippen molar-refractivity contribution in [2.24, 2.45) is 5.73 Å². The van der Waals surface area contributed by atoms with E-state index in [4.69, 9.17) is 47.6 Å². The van der Waals surface area contributed by atoms with E-state index >= 15 is 0 Å². The highest BCUT2D eigenvalue weighted by Crippen LogP contribution is 2.34. The minimum Gasteiger partial charge on any atom is -0.489 e. The van der Waals surface area contributed by atoms with E-state index in [9.17, 15) is 19.5 Å². The summed E-state index contributed by atoms with van der Waals surface area (Å²) in [5.41, 5.74) is 9.47. The van der Waals surface area contributed by atoms with Crippen LogP contribution in [0, 0.1) is 0 Å². The van der Waals surface area contributed by atoms with Crippen molar-refractivity contribution in [2.75, 3.05) is 11.9 Å². The van der Waals surface area contributed by atoms with Crippen LogP contribution < -0.4 is 15.8 Å². The number of rotatable bonds is 11. The monoisotopic (exact) mass is 672 g/mol. The molecular formula is C34H38Cl2N2O8. The number of hydrogen-bond donors (Lipinski definition) is 3. The summed E-state index contributed by atoms with van der Waals surface area (Å²) in [4.78, 5) is 36.2. The third kappa shape index (κ3) is 10.7. The number of amides is 2. The maximum atomic E-state index is 12.2. The number of aliphatic hydroxyl groups is 1. The van der Waals surface area contributed by atoms with Crippen molar-refractivity contribution < 1.29 is 38.1 Å². The van der Waals surface area contributed by atoms with E-state index in [1.165, 1.54) is 6.07 Å². The molecular weight excluding hydrogens is 635 g/mol. The molecule has 2 amide bonds. The molecule has 0 saturated carbocycles. The maximum absolute atomic E-state index is 12.2. The lowest BCUT2D eigenvalue weighted by Crippen LogP contribution is -2.32. The Hall–Kier alpha value is -4.25. The lowest BCUT2D eigenvalue weighted by atomic mass is 9.99. The number of ether oxygens (including phenoxy) is 3. The highest BCUT2D eigenvalue weighted by atomic mass is 35.5. The molecule has 46 heavy (non-hydrogen) atoms. The molecule has 4 aromatic rings. The minimum atomic E-state index is -0.618. The smallest absolute Gasteiger partial charge is 0.407 e.